The van der Waals surface area contributed by atoms with Crippen LogP contribution in [0.3, 0.4) is 0 Å². The van der Waals surface area contributed by atoms with Crippen molar-refractivity contribution in [3.63, 3.8) is 0 Å². The summed E-state index contributed by atoms with van der Waals surface area (Å²) >= 11 is 7.35. The normalized spacial score (nSPS) is 12.3. The molecular weight excluding hydrogens is 450 g/mol. The number of likely N-dealkylation sites (N-methyl/N-ethyl adjacent to an activating group) is 1. The molecule has 0 spiro atoms. The molecule has 2 aromatic heterocycles. The predicted molar refractivity (Wildman–Crippen MR) is 132 cm³/mol. The van der Waals surface area contributed by atoms with Gasteiger partial charge in [-0.25, -0.2) is 8.42 Å². The molecule has 5 nitrogen and oxygen atoms in total. The highest BCUT2D eigenvalue weighted by atomic mass is 35.5. The molecule has 0 amide bonds. The Morgan fingerprint density at radius 3 is 2.61 bits per heavy atom. The topological polar surface area (TPSA) is 54.3 Å². The number of hydrogen-bond donors (Lipinski definition) is 1. The molecule has 1 N–H and O–H groups in total. The van der Waals surface area contributed by atoms with Crippen LogP contribution in [0.2, 0.25) is 5.02 Å². The molecule has 0 saturated carbocycles. The molecule has 31 heavy (non-hydrogen) atoms. The lowest BCUT2D eigenvalue weighted by Gasteiger charge is -2.18. The van der Waals surface area contributed by atoms with Gasteiger partial charge in [-0.2, -0.15) is 0 Å². The minimum atomic E-state index is -3.70. The minimum Gasteiger partial charge on any atom is -0.346 e. The van der Waals surface area contributed by atoms with Gasteiger partial charge >= 0.3 is 0 Å². The quantitative estimate of drug-likeness (QED) is 0.342. The smallest absolute Gasteiger partial charge is 0.271 e. The molecule has 2 heterocycles. The number of hydrogen-bond acceptors (Lipinski definition) is 4. The van der Waals surface area contributed by atoms with Crippen LogP contribution in [-0.4, -0.2) is 37.5 Å². The maximum atomic E-state index is 13.1. The molecular formula is C23H26ClN3O2S2. The summed E-state index contributed by atoms with van der Waals surface area (Å²) in [6.07, 6.45) is 2.06. The fourth-order valence-electron chi connectivity index (χ4n) is 3.88. The Labute approximate surface area is 192 Å². The Kier molecular flexibility index (Phi) is 6.30. The van der Waals surface area contributed by atoms with E-state index in [1.807, 2.05) is 43.3 Å². The molecule has 0 aliphatic carbocycles. The number of sulfonamides is 1. The van der Waals surface area contributed by atoms with Gasteiger partial charge in [0, 0.05) is 45.6 Å². The average molecular weight is 476 g/mol. The molecule has 0 atom stereocenters. The van der Waals surface area contributed by atoms with E-state index in [0.717, 1.165) is 52.7 Å². The lowest BCUT2D eigenvalue weighted by Crippen LogP contribution is -2.26. The highest BCUT2D eigenvalue weighted by Gasteiger charge is 2.22. The first-order valence-corrected chi connectivity index (χ1v) is 13.0. The SMILES string of the molecule is CCN(CC)CCn1ccc2cc(NS(=O)(=O)c3sc4ccc(Cl)cc4c3C)ccc21. The minimum absolute atomic E-state index is 0.321. The van der Waals surface area contributed by atoms with Gasteiger partial charge in [-0.3, -0.25) is 4.72 Å². The molecule has 0 bridgehead atoms. The van der Waals surface area contributed by atoms with Crippen molar-refractivity contribution in [2.45, 2.75) is 31.5 Å². The van der Waals surface area contributed by atoms with Gasteiger partial charge in [-0.1, -0.05) is 25.4 Å². The lowest BCUT2D eigenvalue weighted by atomic mass is 10.2. The summed E-state index contributed by atoms with van der Waals surface area (Å²) in [5.41, 5.74) is 2.38. The van der Waals surface area contributed by atoms with Crippen LogP contribution in [-0.2, 0) is 16.6 Å². The summed E-state index contributed by atoms with van der Waals surface area (Å²) in [6.45, 7) is 10.1. The molecule has 0 aliphatic rings. The predicted octanol–water partition coefficient (Wildman–Crippen LogP) is 5.96. The monoisotopic (exact) mass is 475 g/mol. The van der Waals surface area contributed by atoms with Crippen molar-refractivity contribution in [2.75, 3.05) is 24.4 Å². The number of nitrogens with one attached hydrogen (secondary N) is 1. The molecule has 0 radical (unpaired) electrons. The zero-order chi connectivity index (χ0) is 22.2. The molecule has 4 rings (SSSR count). The van der Waals surface area contributed by atoms with Crippen molar-refractivity contribution in [3.05, 3.63) is 59.2 Å². The number of fused-ring (bicyclic) bond motifs is 2. The summed E-state index contributed by atoms with van der Waals surface area (Å²) in [7, 11) is -3.70. The van der Waals surface area contributed by atoms with E-state index in [0.29, 0.717) is 14.9 Å². The third-order valence-corrected chi connectivity index (χ3v) is 9.18. The van der Waals surface area contributed by atoms with Gasteiger partial charge in [-0.15, -0.1) is 11.3 Å². The van der Waals surface area contributed by atoms with E-state index >= 15 is 0 Å². The number of rotatable bonds is 8. The van der Waals surface area contributed by atoms with E-state index in [9.17, 15) is 8.42 Å². The number of halogens is 1. The van der Waals surface area contributed by atoms with Crippen LogP contribution in [0.5, 0.6) is 0 Å². The number of benzene rings is 2. The average Bonchev–Trinajstić information content (AvgIpc) is 3.29. The summed E-state index contributed by atoms with van der Waals surface area (Å²) in [5, 5.41) is 2.49. The van der Waals surface area contributed by atoms with Crippen LogP contribution in [0.15, 0.2) is 52.9 Å². The van der Waals surface area contributed by atoms with E-state index in [1.165, 1.54) is 11.3 Å². The number of aryl methyl sites for hydroxylation is 1. The molecule has 2 aromatic carbocycles. The lowest BCUT2D eigenvalue weighted by molar-refractivity contribution is 0.292. The third-order valence-electron chi connectivity index (χ3n) is 5.67. The Bertz CT molecular complexity index is 1340. The number of thiophene rings is 1. The highest BCUT2D eigenvalue weighted by molar-refractivity contribution is 7.94. The Morgan fingerprint density at radius 2 is 1.87 bits per heavy atom. The maximum Gasteiger partial charge on any atom is 0.271 e. The molecule has 0 aliphatic heterocycles. The van der Waals surface area contributed by atoms with Crippen molar-refractivity contribution >= 4 is 59.6 Å². The second-order valence-electron chi connectivity index (χ2n) is 7.57. The van der Waals surface area contributed by atoms with E-state index in [-0.39, 0.29) is 0 Å². The zero-order valence-corrected chi connectivity index (χ0v) is 20.2. The van der Waals surface area contributed by atoms with Gasteiger partial charge < -0.3 is 9.47 Å². The molecule has 8 heteroatoms. The standard InChI is InChI=1S/C23H26ClN3O2S2/c1-4-26(5-2)12-13-27-11-10-17-14-19(7-8-21(17)27)25-31(28,29)23-16(3)20-15-18(24)6-9-22(20)30-23/h6-11,14-15,25H,4-5,12-13H2,1-3H3. The fraction of sp³-hybridized carbons (Fsp3) is 0.304. The van der Waals surface area contributed by atoms with E-state index < -0.39 is 10.0 Å². The Morgan fingerprint density at radius 1 is 1.10 bits per heavy atom. The van der Waals surface area contributed by atoms with Gasteiger partial charge in [0.25, 0.3) is 10.0 Å². The van der Waals surface area contributed by atoms with Gasteiger partial charge in [0.2, 0.25) is 0 Å². The summed E-state index contributed by atoms with van der Waals surface area (Å²) in [5.74, 6) is 0. The van der Waals surface area contributed by atoms with Crippen LogP contribution in [0, 0.1) is 6.92 Å². The third kappa shape index (κ3) is 4.46. The van der Waals surface area contributed by atoms with E-state index in [2.05, 4.69) is 34.2 Å². The van der Waals surface area contributed by atoms with Crippen LogP contribution in [0.25, 0.3) is 21.0 Å². The van der Waals surface area contributed by atoms with Crippen molar-refractivity contribution in [1.29, 1.82) is 0 Å². The second kappa shape index (κ2) is 8.82. The van der Waals surface area contributed by atoms with Gasteiger partial charge in [0.1, 0.15) is 4.21 Å². The first kappa shape index (κ1) is 22.1. The largest absolute Gasteiger partial charge is 0.346 e. The Balaban J connectivity index is 1.59. The molecule has 4 aromatic rings. The summed E-state index contributed by atoms with van der Waals surface area (Å²) in [6, 6.07) is 13.2. The van der Waals surface area contributed by atoms with Crippen LogP contribution in [0.4, 0.5) is 5.69 Å². The molecule has 0 unspecified atom stereocenters. The van der Waals surface area contributed by atoms with Crippen molar-refractivity contribution in [3.8, 4) is 0 Å². The number of nitrogens with zero attached hydrogens (tertiary/aromatic N) is 2. The first-order valence-electron chi connectivity index (χ1n) is 10.3. The number of aromatic nitrogens is 1. The van der Waals surface area contributed by atoms with Gasteiger partial charge in [0.05, 0.1) is 0 Å². The van der Waals surface area contributed by atoms with Crippen LogP contribution < -0.4 is 4.72 Å². The fourth-order valence-corrected chi connectivity index (χ4v) is 6.85. The second-order valence-corrected chi connectivity index (χ2v) is 10.9. The molecule has 0 saturated heterocycles. The molecule has 0 fully saturated rings. The Hall–Kier alpha value is -2.06. The number of anilines is 1. The summed E-state index contributed by atoms with van der Waals surface area (Å²) in [4.78, 5) is 2.38. The van der Waals surface area contributed by atoms with Crippen molar-refractivity contribution in [2.24, 2.45) is 0 Å². The maximum absolute atomic E-state index is 13.1. The van der Waals surface area contributed by atoms with Crippen LogP contribution in [0.1, 0.15) is 19.4 Å². The van der Waals surface area contributed by atoms with Crippen molar-refractivity contribution in [1.82, 2.24) is 9.47 Å². The zero-order valence-electron chi connectivity index (χ0n) is 17.9. The van der Waals surface area contributed by atoms with E-state index in [4.69, 9.17) is 11.6 Å². The van der Waals surface area contributed by atoms with Crippen molar-refractivity contribution < 1.29 is 8.42 Å². The van der Waals surface area contributed by atoms with E-state index in [1.54, 1.807) is 6.07 Å². The molecule has 164 valence electrons. The van der Waals surface area contributed by atoms with Gasteiger partial charge in [0.15, 0.2) is 0 Å². The van der Waals surface area contributed by atoms with Gasteiger partial charge in [-0.05, 0) is 73.4 Å². The van der Waals surface area contributed by atoms with Crippen LogP contribution >= 0.6 is 22.9 Å². The summed E-state index contributed by atoms with van der Waals surface area (Å²) < 4.78 is 32.4. The first-order chi connectivity index (χ1) is 14.8. The highest BCUT2D eigenvalue weighted by Crippen LogP contribution is 2.36.